The second kappa shape index (κ2) is 7.47. The zero-order valence-corrected chi connectivity index (χ0v) is 18.4. The first-order chi connectivity index (χ1) is 13.3. The Morgan fingerprint density at radius 2 is 2.00 bits per heavy atom. The van der Waals surface area contributed by atoms with Crippen LogP contribution < -0.4 is 5.32 Å². The predicted molar refractivity (Wildman–Crippen MR) is 113 cm³/mol. The van der Waals surface area contributed by atoms with Crippen molar-refractivity contribution >= 4 is 28.2 Å². The van der Waals surface area contributed by atoms with E-state index in [2.05, 4.69) is 26.1 Å². The van der Waals surface area contributed by atoms with Crippen molar-refractivity contribution in [1.29, 1.82) is 0 Å². The Labute approximate surface area is 172 Å². The van der Waals surface area contributed by atoms with Crippen LogP contribution in [0.25, 0.3) is 0 Å². The molecule has 154 valence electrons. The molecule has 1 aromatic heterocycles. The van der Waals surface area contributed by atoms with E-state index in [0.717, 1.165) is 48.6 Å². The summed E-state index contributed by atoms with van der Waals surface area (Å²) in [4.78, 5) is 26.8. The highest BCUT2D eigenvalue weighted by atomic mass is 32.1. The molecule has 5 heteroatoms. The normalized spacial score (nSPS) is 28.9. The van der Waals surface area contributed by atoms with Gasteiger partial charge in [-0.3, -0.25) is 4.79 Å². The van der Waals surface area contributed by atoms with Gasteiger partial charge in [0.1, 0.15) is 5.00 Å². The number of fused-ring (bicyclic) bond motifs is 3. The van der Waals surface area contributed by atoms with E-state index in [1.165, 1.54) is 31.2 Å². The topological polar surface area (TPSA) is 55.4 Å². The van der Waals surface area contributed by atoms with Crippen LogP contribution in [0.3, 0.4) is 0 Å². The van der Waals surface area contributed by atoms with Gasteiger partial charge in [0.25, 0.3) is 0 Å². The number of carbonyl (C=O) groups is 2. The fraction of sp³-hybridized carbons (Fsp3) is 0.739. The number of rotatable bonds is 5. The highest BCUT2D eigenvalue weighted by Gasteiger charge is 2.43. The van der Waals surface area contributed by atoms with E-state index in [1.54, 1.807) is 11.3 Å². The third-order valence-electron chi connectivity index (χ3n) is 7.98. The molecule has 4 rings (SSSR count). The average molecular weight is 404 g/mol. The lowest BCUT2D eigenvalue weighted by atomic mass is 9.69. The summed E-state index contributed by atoms with van der Waals surface area (Å²) in [7, 11) is 1.43. The van der Waals surface area contributed by atoms with Crippen molar-refractivity contribution in [3.05, 3.63) is 16.0 Å². The van der Waals surface area contributed by atoms with Gasteiger partial charge < -0.3 is 10.1 Å². The maximum absolute atomic E-state index is 13.0. The van der Waals surface area contributed by atoms with Crippen molar-refractivity contribution in [2.75, 3.05) is 12.4 Å². The fourth-order valence-electron chi connectivity index (χ4n) is 5.72. The van der Waals surface area contributed by atoms with E-state index in [4.69, 9.17) is 4.74 Å². The number of hydrogen-bond acceptors (Lipinski definition) is 4. The van der Waals surface area contributed by atoms with Gasteiger partial charge in [-0.15, -0.1) is 11.3 Å². The molecular weight excluding hydrogens is 370 g/mol. The second-order valence-electron chi connectivity index (χ2n) is 9.75. The summed E-state index contributed by atoms with van der Waals surface area (Å²) in [5.41, 5.74) is 2.02. The Balaban J connectivity index is 1.59. The molecule has 3 aliphatic rings. The molecule has 3 aliphatic carbocycles. The van der Waals surface area contributed by atoms with Crippen molar-refractivity contribution in [1.82, 2.24) is 0 Å². The van der Waals surface area contributed by atoms with Crippen LogP contribution in [-0.2, 0) is 22.4 Å². The quantitative estimate of drug-likeness (QED) is 0.665. The standard InChI is InChI=1S/C23H33NO3S/c1-5-23(2,3)15-8-9-16-18(12-15)28-21(19(16)22(26)27-4)24-20(25)17-11-13-6-7-14(17)10-13/h13-15,17H,5-12H2,1-4H3,(H,24,25)/t13-,14-,15+,17-/m1/s1. The predicted octanol–water partition coefficient (Wildman–Crippen LogP) is 5.45. The third kappa shape index (κ3) is 3.40. The molecule has 0 aliphatic heterocycles. The fourth-order valence-corrected chi connectivity index (χ4v) is 7.04. The van der Waals surface area contributed by atoms with Gasteiger partial charge in [0.15, 0.2) is 0 Å². The number of ether oxygens (including phenoxy) is 1. The maximum atomic E-state index is 13.0. The monoisotopic (exact) mass is 403 g/mol. The number of hydrogen-bond donors (Lipinski definition) is 1. The van der Waals surface area contributed by atoms with Gasteiger partial charge in [0, 0.05) is 10.8 Å². The summed E-state index contributed by atoms with van der Waals surface area (Å²) in [5, 5.41) is 3.88. The molecule has 1 amide bonds. The summed E-state index contributed by atoms with van der Waals surface area (Å²) in [6.07, 6.45) is 8.82. The first-order valence-electron chi connectivity index (χ1n) is 10.9. The minimum absolute atomic E-state index is 0.112. The molecule has 2 saturated carbocycles. The third-order valence-corrected chi connectivity index (χ3v) is 9.15. The lowest BCUT2D eigenvalue weighted by Crippen LogP contribution is -2.29. The summed E-state index contributed by atoms with van der Waals surface area (Å²) >= 11 is 1.61. The summed E-state index contributed by atoms with van der Waals surface area (Å²) in [6, 6.07) is 0. The van der Waals surface area contributed by atoms with E-state index in [0.29, 0.717) is 22.8 Å². The Hall–Kier alpha value is -1.36. The van der Waals surface area contributed by atoms with Crippen molar-refractivity contribution in [2.24, 2.45) is 29.1 Å². The molecule has 0 saturated heterocycles. The number of esters is 1. The molecular formula is C23H33NO3S. The molecule has 4 nitrogen and oxygen atoms in total. The van der Waals surface area contributed by atoms with E-state index in [-0.39, 0.29) is 17.8 Å². The average Bonchev–Trinajstić information content (AvgIpc) is 3.40. The Bertz CT molecular complexity index is 781. The molecule has 0 spiro atoms. The van der Waals surface area contributed by atoms with Crippen molar-refractivity contribution < 1.29 is 14.3 Å². The molecule has 0 aromatic carbocycles. The van der Waals surface area contributed by atoms with Crippen LogP contribution in [0.5, 0.6) is 0 Å². The zero-order valence-electron chi connectivity index (χ0n) is 17.6. The van der Waals surface area contributed by atoms with E-state index in [9.17, 15) is 9.59 Å². The lowest BCUT2D eigenvalue weighted by Gasteiger charge is -2.36. The highest BCUT2D eigenvalue weighted by molar-refractivity contribution is 7.17. The Morgan fingerprint density at radius 3 is 2.61 bits per heavy atom. The minimum atomic E-state index is -0.311. The van der Waals surface area contributed by atoms with Gasteiger partial charge in [-0.2, -0.15) is 0 Å². The van der Waals surface area contributed by atoms with Crippen LogP contribution in [0.1, 0.15) is 80.1 Å². The van der Waals surface area contributed by atoms with Crippen LogP contribution in [0.2, 0.25) is 0 Å². The number of carbonyl (C=O) groups excluding carboxylic acids is 2. The van der Waals surface area contributed by atoms with Crippen LogP contribution in [0.15, 0.2) is 0 Å². The maximum Gasteiger partial charge on any atom is 0.341 e. The highest BCUT2D eigenvalue weighted by Crippen LogP contribution is 2.50. The molecule has 2 fully saturated rings. The van der Waals surface area contributed by atoms with Crippen molar-refractivity contribution in [3.8, 4) is 0 Å². The van der Waals surface area contributed by atoms with Crippen LogP contribution in [0.4, 0.5) is 5.00 Å². The SMILES string of the molecule is CCC(C)(C)[C@H]1CCc2c(sc(NC(=O)[C@@H]3C[C@@H]4CC[C@@H]3C4)c2C(=O)OC)C1. The number of anilines is 1. The number of methoxy groups -OCH3 is 1. The van der Waals surface area contributed by atoms with Gasteiger partial charge in [-0.1, -0.05) is 33.6 Å². The van der Waals surface area contributed by atoms with E-state index in [1.807, 2.05) is 0 Å². The van der Waals surface area contributed by atoms with E-state index < -0.39 is 0 Å². The van der Waals surface area contributed by atoms with Crippen LogP contribution in [0, 0.1) is 29.1 Å². The van der Waals surface area contributed by atoms with Gasteiger partial charge in [-0.25, -0.2) is 4.79 Å². The van der Waals surface area contributed by atoms with Crippen molar-refractivity contribution in [3.63, 3.8) is 0 Å². The minimum Gasteiger partial charge on any atom is -0.465 e. The number of amides is 1. The van der Waals surface area contributed by atoms with E-state index >= 15 is 0 Å². The molecule has 1 N–H and O–H groups in total. The Kier molecular flexibility index (Phi) is 5.32. The van der Waals surface area contributed by atoms with Crippen LogP contribution >= 0.6 is 11.3 Å². The second-order valence-corrected chi connectivity index (χ2v) is 10.9. The lowest BCUT2D eigenvalue weighted by molar-refractivity contribution is -0.121. The smallest absolute Gasteiger partial charge is 0.341 e. The molecule has 0 radical (unpaired) electrons. The van der Waals surface area contributed by atoms with Crippen LogP contribution in [-0.4, -0.2) is 19.0 Å². The molecule has 4 atom stereocenters. The molecule has 1 aromatic rings. The van der Waals surface area contributed by atoms with Gasteiger partial charge in [0.2, 0.25) is 5.91 Å². The molecule has 0 unspecified atom stereocenters. The largest absolute Gasteiger partial charge is 0.465 e. The first-order valence-corrected chi connectivity index (χ1v) is 11.7. The summed E-state index contributed by atoms with van der Waals surface area (Å²) in [6.45, 7) is 6.94. The van der Waals surface area contributed by atoms with Gasteiger partial charge in [-0.05, 0) is 67.3 Å². The van der Waals surface area contributed by atoms with Gasteiger partial charge >= 0.3 is 5.97 Å². The molecule has 1 heterocycles. The summed E-state index contributed by atoms with van der Waals surface area (Å²) in [5.74, 6) is 1.80. The van der Waals surface area contributed by atoms with Gasteiger partial charge in [0.05, 0.1) is 12.7 Å². The summed E-state index contributed by atoms with van der Waals surface area (Å²) < 4.78 is 5.09. The number of thiophene rings is 1. The van der Waals surface area contributed by atoms with Crippen molar-refractivity contribution in [2.45, 2.75) is 72.1 Å². The molecule has 2 bridgehead atoms. The Morgan fingerprint density at radius 1 is 1.21 bits per heavy atom. The first kappa shape index (κ1) is 19.9. The molecule has 28 heavy (non-hydrogen) atoms. The number of nitrogens with one attached hydrogen (secondary N) is 1. The zero-order chi connectivity index (χ0) is 20.1.